The second-order valence-electron chi connectivity index (χ2n) is 3.82. The molecule has 0 spiro atoms. The minimum atomic E-state index is 0.216. The zero-order valence-corrected chi connectivity index (χ0v) is 10.5. The number of allylic oxidation sites excluding steroid dienone is 1. The molecule has 0 saturated heterocycles. The first-order valence-electron chi connectivity index (χ1n) is 5.21. The van der Waals surface area contributed by atoms with Crippen molar-refractivity contribution in [3.8, 4) is 0 Å². The van der Waals surface area contributed by atoms with E-state index in [0.717, 1.165) is 6.42 Å². The van der Waals surface area contributed by atoms with Gasteiger partial charge in [-0.15, -0.1) is 0 Å². The number of carbonyl (C=O) groups is 1. The van der Waals surface area contributed by atoms with Crippen molar-refractivity contribution in [1.29, 1.82) is 0 Å². The van der Waals surface area contributed by atoms with E-state index in [0.29, 0.717) is 20.7 Å². The molecule has 0 aliphatic carbocycles. The summed E-state index contributed by atoms with van der Waals surface area (Å²) < 4.78 is 1.26. The van der Waals surface area contributed by atoms with E-state index in [9.17, 15) is 4.79 Å². The van der Waals surface area contributed by atoms with Crippen LogP contribution in [0.5, 0.6) is 0 Å². The van der Waals surface area contributed by atoms with Crippen molar-refractivity contribution >= 4 is 25.2 Å². The molecule has 1 heterocycles. The van der Waals surface area contributed by atoms with Crippen LogP contribution in [-0.4, -0.2) is 20.7 Å². The molecule has 1 aliphatic rings. The van der Waals surface area contributed by atoms with E-state index in [1.165, 1.54) is 15.4 Å². The van der Waals surface area contributed by atoms with Crippen molar-refractivity contribution in [2.75, 3.05) is 0 Å². The number of carbonyl (C=O) groups excluding carboxylic acids is 1. The van der Waals surface area contributed by atoms with Crippen molar-refractivity contribution in [3.63, 3.8) is 0 Å². The maximum atomic E-state index is 11.7. The quantitative estimate of drug-likeness (QED) is 0.714. The molecule has 2 rings (SSSR count). The molecule has 78 valence electrons. The van der Waals surface area contributed by atoms with Gasteiger partial charge in [-0.3, -0.25) is 0 Å². The van der Waals surface area contributed by atoms with Crippen molar-refractivity contribution in [2.45, 2.75) is 18.7 Å². The summed E-state index contributed by atoms with van der Waals surface area (Å²) in [5.74, 6) is 0.515. The van der Waals surface area contributed by atoms with Crippen LogP contribution in [0, 0.1) is 5.92 Å². The summed E-state index contributed by atoms with van der Waals surface area (Å²) in [6, 6.07) is 10.3. The summed E-state index contributed by atoms with van der Waals surface area (Å²) in [5.41, 5.74) is 1.22. The number of ketones is 1. The summed E-state index contributed by atoms with van der Waals surface area (Å²) >= 11 is 0.460. The van der Waals surface area contributed by atoms with E-state index in [4.69, 9.17) is 0 Å². The molecule has 0 aromatic heterocycles. The van der Waals surface area contributed by atoms with Crippen LogP contribution in [0.4, 0.5) is 0 Å². The van der Waals surface area contributed by atoms with Gasteiger partial charge in [0.1, 0.15) is 0 Å². The average molecular weight is 265 g/mol. The van der Waals surface area contributed by atoms with Gasteiger partial charge in [-0.05, 0) is 0 Å². The number of rotatable bonds is 1. The van der Waals surface area contributed by atoms with Crippen molar-refractivity contribution in [2.24, 2.45) is 5.92 Å². The van der Waals surface area contributed by atoms with Crippen LogP contribution in [-0.2, 0) is 4.79 Å². The first-order chi connectivity index (χ1) is 7.27. The predicted molar refractivity (Wildman–Crippen MR) is 63.8 cm³/mol. The molecular weight excluding hydrogens is 251 g/mol. The molecule has 0 amide bonds. The fourth-order valence-electron chi connectivity index (χ4n) is 1.57. The normalized spacial score (nSPS) is 22.1. The van der Waals surface area contributed by atoms with Gasteiger partial charge >= 0.3 is 96.6 Å². The van der Waals surface area contributed by atoms with Crippen LogP contribution in [0.3, 0.4) is 0 Å². The van der Waals surface area contributed by atoms with Gasteiger partial charge in [0.25, 0.3) is 0 Å². The first-order valence-corrected chi connectivity index (χ1v) is 7.28. The third-order valence-corrected chi connectivity index (χ3v) is 4.94. The number of hydrogen-bond donors (Lipinski definition) is 0. The van der Waals surface area contributed by atoms with E-state index in [1.807, 2.05) is 31.2 Å². The maximum absolute atomic E-state index is 11.7. The first kappa shape index (κ1) is 10.7. The molecule has 0 fully saturated rings. The van der Waals surface area contributed by atoms with Crippen molar-refractivity contribution in [3.05, 3.63) is 42.0 Å². The Morgan fingerprint density at radius 3 is 2.73 bits per heavy atom. The van der Waals surface area contributed by atoms with Gasteiger partial charge in [-0.25, -0.2) is 0 Å². The van der Waals surface area contributed by atoms with Gasteiger partial charge < -0.3 is 0 Å². The summed E-state index contributed by atoms with van der Waals surface area (Å²) in [7, 11) is 0. The molecule has 0 radical (unpaired) electrons. The zero-order valence-electron chi connectivity index (χ0n) is 8.77. The molecule has 0 saturated carbocycles. The van der Waals surface area contributed by atoms with E-state index in [-0.39, 0.29) is 5.92 Å². The molecule has 1 unspecified atom stereocenters. The molecule has 1 nitrogen and oxygen atoms in total. The predicted octanol–water partition coefficient (Wildman–Crippen LogP) is 2.76. The van der Waals surface area contributed by atoms with Crippen molar-refractivity contribution < 1.29 is 4.79 Å². The molecule has 1 atom stereocenters. The topological polar surface area (TPSA) is 17.1 Å². The Kier molecular flexibility index (Phi) is 3.40. The third-order valence-electron chi connectivity index (χ3n) is 2.63. The van der Waals surface area contributed by atoms with Gasteiger partial charge in [0.05, 0.1) is 0 Å². The van der Waals surface area contributed by atoms with Gasteiger partial charge in [0.15, 0.2) is 0 Å². The Morgan fingerprint density at radius 1 is 1.27 bits per heavy atom. The van der Waals surface area contributed by atoms with Crippen molar-refractivity contribution in [1.82, 2.24) is 0 Å². The number of benzene rings is 1. The summed E-state index contributed by atoms with van der Waals surface area (Å²) in [5, 5.41) is 1.18. The Labute approximate surface area is 96.7 Å². The van der Waals surface area contributed by atoms with E-state index < -0.39 is 0 Å². The minimum absolute atomic E-state index is 0.216. The molecule has 0 bridgehead atoms. The molecule has 1 aromatic rings. The molecule has 0 N–H and O–H groups in total. The van der Waals surface area contributed by atoms with Gasteiger partial charge in [-0.2, -0.15) is 0 Å². The van der Waals surface area contributed by atoms with Crippen LogP contribution in [0.25, 0.3) is 4.47 Å². The Morgan fingerprint density at radius 2 is 2.00 bits per heavy atom. The monoisotopic (exact) mass is 266 g/mol. The Bertz CT molecular complexity index is 381. The Hall–Kier alpha value is -0.851. The summed E-state index contributed by atoms with van der Waals surface area (Å²) in [6.07, 6.45) is 2.92. The van der Waals surface area contributed by atoms with E-state index in [2.05, 4.69) is 12.1 Å². The molecular formula is C13H14OSe. The fourth-order valence-corrected chi connectivity index (χ4v) is 4.07. The molecule has 1 aromatic carbocycles. The number of hydrogen-bond acceptors (Lipinski definition) is 1. The SMILES string of the molecule is CC1CC[Se]C(c2ccccc2)=CC1=O. The van der Waals surface area contributed by atoms with Crippen LogP contribution in [0.1, 0.15) is 18.9 Å². The van der Waals surface area contributed by atoms with Crippen LogP contribution >= 0.6 is 0 Å². The Balaban J connectivity index is 2.29. The van der Waals surface area contributed by atoms with Gasteiger partial charge in [-0.1, -0.05) is 0 Å². The van der Waals surface area contributed by atoms with E-state index >= 15 is 0 Å². The molecule has 15 heavy (non-hydrogen) atoms. The molecule has 1 aliphatic heterocycles. The van der Waals surface area contributed by atoms with Crippen LogP contribution in [0.2, 0.25) is 5.32 Å². The summed E-state index contributed by atoms with van der Waals surface area (Å²) in [6.45, 7) is 2.03. The fraction of sp³-hybridized carbons (Fsp3) is 0.308. The standard InChI is InChI=1S/C13H14OSe/c1-10-7-8-15-13(9-12(10)14)11-5-3-2-4-6-11/h2-6,9-10H,7-8H2,1H3. The van der Waals surface area contributed by atoms with Gasteiger partial charge in [0.2, 0.25) is 0 Å². The third kappa shape index (κ3) is 2.58. The van der Waals surface area contributed by atoms with Gasteiger partial charge in [0, 0.05) is 0 Å². The second-order valence-corrected chi connectivity index (χ2v) is 6.20. The van der Waals surface area contributed by atoms with Crippen LogP contribution in [0.15, 0.2) is 36.4 Å². The summed E-state index contributed by atoms with van der Waals surface area (Å²) in [4.78, 5) is 11.7. The second kappa shape index (κ2) is 4.78. The van der Waals surface area contributed by atoms with E-state index in [1.54, 1.807) is 0 Å². The van der Waals surface area contributed by atoms with Crippen LogP contribution < -0.4 is 0 Å². The zero-order chi connectivity index (χ0) is 10.7. The average Bonchev–Trinajstić information content (AvgIpc) is 2.43. The molecule has 2 heteroatoms.